The van der Waals surface area contributed by atoms with Crippen LogP contribution >= 0.6 is 15.9 Å². The van der Waals surface area contributed by atoms with Gasteiger partial charge < -0.3 is 4.57 Å². The van der Waals surface area contributed by atoms with Crippen LogP contribution in [0.4, 0.5) is 5.82 Å². The van der Waals surface area contributed by atoms with Crippen LogP contribution in [0.2, 0.25) is 0 Å². The van der Waals surface area contributed by atoms with Crippen LogP contribution in [0, 0.1) is 0 Å². The Morgan fingerprint density at radius 3 is 2.83 bits per heavy atom. The molecule has 0 spiro atoms. The van der Waals surface area contributed by atoms with Crippen molar-refractivity contribution in [3.8, 4) is 0 Å². The number of allylic oxidation sites excluding steroid dienone is 1. The quantitative estimate of drug-likeness (QED) is 0.658. The highest BCUT2D eigenvalue weighted by Crippen LogP contribution is 2.42. The molecule has 0 aliphatic carbocycles. The van der Waals surface area contributed by atoms with Gasteiger partial charge in [-0.1, -0.05) is 40.2 Å². The van der Waals surface area contributed by atoms with E-state index >= 15 is 0 Å². The van der Waals surface area contributed by atoms with Crippen LogP contribution in [0.5, 0.6) is 0 Å². The molecular formula is C17H16BrN3O2. The molecule has 0 bridgehead atoms. The van der Waals surface area contributed by atoms with Gasteiger partial charge in [0.25, 0.3) is 0 Å². The fourth-order valence-corrected chi connectivity index (χ4v) is 3.42. The average Bonchev–Trinajstić information content (AvgIpc) is 2.88. The van der Waals surface area contributed by atoms with Crippen LogP contribution in [0.25, 0.3) is 15.4 Å². The number of aliphatic imine (C=N–C) groups is 1. The summed E-state index contributed by atoms with van der Waals surface area (Å²) in [5, 5.41) is 3.40. The van der Waals surface area contributed by atoms with Gasteiger partial charge in [-0.15, -0.1) is 0 Å². The molecule has 1 aliphatic heterocycles. The molecule has 2 amide bonds. The number of aromatic nitrogens is 1. The third-order valence-corrected chi connectivity index (χ3v) is 4.90. The second-order valence-electron chi connectivity index (χ2n) is 5.35. The second kappa shape index (κ2) is 6.12. The van der Waals surface area contributed by atoms with Crippen LogP contribution in [-0.2, 0) is 9.59 Å². The van der Waals surface area contributed by atoms with E-state index in [9.17, 15) is 9.59 Å². The summed E-state index contributed by atoms with van der Waals surface area (Å²) >= 11 is 3.57. The molecule has 1 N–H and O–H groups in total. The molecule has 118 valence electrons. The molecule has 2 aromatic rings. The largest absolute Gasteiger partial charge is 0.313 e. The summed E-state index contributed by atoms with van der Waals surface area (Å²) in [6.07, 6.45) is 2.71. The van der Waals surface area contributed by atoms with Crippen LogP contribution in [0.3, 0.4) is 0 Å². The van der Waals surface area contributed by atoms with Crippen LogP contribution in [0.1, 0.15) is 31.4 Å². The third-order valence-electron chi connectivity index (χ3n) is 4.05. The van der Waals surface area contributed by atoms with Gasteiger partial charge in [0, 0.05) is 21.9 Å². The van der Waals surface area contributed by atoms with Crippen molar-refractivity contribution in [3.63, 3.8) is 0 Å². The number of hydrogen-bond acceptors (Lipinski definition) is 3. The van der Waals surface area contributed by atoms with Gasteiger partial charge in [0.2, 0.25) is 11.8 Å². The van der Waals surface area contributed by atoms with Gasteiger partial charge >= 0.3 is 0 Å². The molecule has 3 rings (SSSR count). The number of carbonyl (C=O) groups excluding carboxylic acids is 2. The number of carbonyl (C=O) groups is 2. The zero-order valence-corrected chi connectivity index (χ0v) is 14.3. The predicted octanol–water partition coefficient (Wildman–Crippen LogP) is 3.71. The van der Waals surface area contributed by atoms with Gasteiger partial charge in [-0.25, -0.2) is 4.99 Å². The Bertz CT molecular complexity index is 851. The number of benzene rings is 1. The van der Waals surface area contributed by atoms with E-state index in [-0.39, 0.29) is 11.8 Å². The Kier molecular flexibility index (Phi) is 4.17. The van der Waals surface area contributed by atoms with Gasteiger partial charge in [-0.3, -0.25) is 14.9 Å². The Labute approximate surface area is 142 Å². The molecule has 2 heterocycles. The molecule has 1 saturated heterocycles. The monoisotopic (exact) mass is 373 g/mol. The predicted molar refractivity (Wildman–Crippen MR) is 95.1 cm³/mol. The van der Waals surface area contributed by atoms with Crippen molar-refractivity contribution >= 4 is 55.7 Å². The van der Waals surface area contributed by atoms with E-state index in [4.69, 9.17) is 0 Å². The summed E-state index contributed by atoms with van der Waals surface area (Å²) < 4.78 is 2.77. The Morgan fingerprint density at radius 2 is 2.17 bits per heavy atom. The minimum Gasteiger partial charge on any atom is -0.313 e. The van der Waals surface area contributed by atoms with Crippen molar-refractivity contribution in [1.82, 2.24) is 9.88 Å². The molecule has 6 heteroatoms. The number of hydrogen-bond donors (Lipinski definition) is 1. The van der Waals surface area contributed by atoms with E-state index in [1.807, 2.05) is 41.8 Å². The molecule has 0 saturated carbocycles. The lowest BCUT2D eigenvalue weighted by molar-refractivity contribution is -0.135. The fourth-order valence-electron chi connectivity index (χ4n) is 3.03. The molecular weight excluding hydrogens is 358 g/mol. The Morgan fingerprint density at radius 1 is 1.43 bits per heavy atom. The van der Waals surface area contributed by atoms with Crippen molar-refractivity contribution in [1.29, 1.82) is 0 Å². The smallest absolute Gasteiger partial charge is 0.249 e. The summed E-state index contributed by atoms with van der Waals surface area (Å²) in [5.74, 6) is 0.103. The van der Waals surface area contributed by atoms with Gasteiger partial charge in [-0.05, 0) is 26.1 Å². The number of piperidine rings is 1. The number of halogens is 1. The van der Waals surface area contributed by atoms with Crippen molar-refractivity contribution in [2.45, 2.75) is 25.8 Å². The summed E-state index contributed by atoms with van der Waals surface area (Å²) in [7, 11) is 0. The number of imide groups is 1. The maximum absolute atomic E-state index is 12.3. The minimum atomic E-state index is -0.469. The molecule has 1 aromatic carbocycles. The normalized spacial score (nSPS) is 19.0. The first-order chi connectivity index (χ1) is 11.1. The van der Waals surface area contributed by atoms with E-state index in [0.717, 1.165) is 20.9 Å². The lowest BCUT2D eigenvalue weighted by atomic mass is 10.1. The van der Waals surface area contributed by atoms with Crippen LogP contribution in [0.15, 0.2) is 35.3 Å². The first-order valence-corrected chi connectivity index (χ1v) is 8.13. The number of rotatable bonds is 3. The fraction of sp³-hybridized carbons (Fsp3) is 0.235. The number of nitrogens with one attached hydrogen (secondary N) is 1. The SMILES string of the molecule is C=Nc1c(/C(Br)=C\C)c2ccccc2n1C1CCC(=O)NC1=O. The molecule has 5 nitrogen and oxygen atoms in total. The Hall–Kier alpha value is -2.21. The molecule has 1 fully saturated rings. The van der Waals surface area contributed by atoms with E-state index in [2.05, 4.69) is 33.0 Å². The van der Waals surface area contributed by atoms with Crippen LogP contribution in [-0.4, -0.2) is 23.1 Å². The van der Waals surface area contributed by atoms with Gasteiger partial charge in [-0.2, -0.15) is 0 Å². The zero-order valence-electron chi connectivity index (χ0n) is 12.7. The first-order valence-electron chi connectivity index (χ1n) is 7.34. The number of amides is 2. The molecule has 1 unspecified atom stereocenters. The maximum Gasteiger partial charge on any atom is 0.249 e. The minimum absolute atomic E-state index is 0.231. The van der Waals surface area contributed by atoms with Crippen molar-refractivity contribution < 1.29 is 9.59 Å². The summed E-state index contributed by atoms with van der Waals surface area (Å²) in [6.45, 7) is 5.61. The maximum atomic E-state index is 12.3. The molecule has 1 atom stereocenters. The third kappa shape index (κ3) is 2.53. The molecule has 1 aromatic heterocycles. The van der Waals surface area contributed by atoms with E-state index < -0.39 is 6.04 Å². The van der Waals surface area contributed by atoms with Gasteiger partial charge in [0.1, 0.15) is 11.9 Å². The summed E-state index contributed by atoms with van der Waals surface area (Å²) in [6, 6.07) is 7.35. The highest BCUT2D eigenvalue weighted by molar-refractivity contribution is 9.15. The molecule has 0 radical (unpaired) electrons. The van der Waals surface area contributed by atoms with Crippen molar-refractivity contribution in [3.05, 3.63) is 35.9 Å². The average molecular weight is 374 g/mol. The molecule has 1 aliphatic rings. The van der Waals surface area contributed by atoms with Gasteiger partial charge in [0.05, 0.1) is 5.52 Å². The standard InChI is InChI=1S/C17H16BrN3O2/c1-3-11(18)15-10-6-4-5-7-12(10)21(16(15)19-2)13-8-9-14(22)20-17(13)23/h3-7,13H,2,8-9H2,1H3,(H,20,22,23)/b11-3+. The summed E-state index contributed by atoms with van der Waals surface area (Å²) in [5.41, 5.74) is 1.81. The molecule has 23 heavy (non-hydrogen) atoms. The lowest BCUT2D eigenvalue weighted by Crippen LogP contribution is -2.41. The number of nitrogens with zero attached hydrogens (tertiary/aromatic N) is 2. The van der Waals surface area contributed by atoms with Crippen LogP contribution < -0.4 is 5.32 Å². The Balaban J connectivity index is 2.30. The topological polar surface area (TPSA) is 63.5 Å². The first kappa shape index (κ1) is 15.7. The zero-order chi connectivity index (χ0) is 16.6. The van der Waals surface area contributed by atoms with E-state index in [1.165, 1.54) is 0 Å². The highest BCUT2D eigenvalue weighted by atomic mass is 79.9. The van der Waals surface area contributed by atoms with Crippen molar-refractivity contribution in [2.24, 2.45) is 4.99 Å². The van der Waals surface area contributed by atoms with Gasteiger partial charge in [0.15, 0.2) is 0 Å². The van der Waals surface area contributed by atoms with E-state index in [1.54, 1.807) is 0 Å². The summed E-state index contributed by atoms with van der Waals surface area (Å²) in [4.78, 5) is 27.9. The highest BCUT2D eigenvalue weighted by Gasteiger charge is 2.32. The van der Waals surface area contributed by atoms with Crippen molar-refractivity contribution in [2.75, 3.05) is 0 Å². The number of para-hydroxylation sites is 1. The second-order valence-corrected chi connectivity index (χ2v) is 6.20. The lowest BCUT2D eigenvalue weighted by Gasteiger charge is -2.24. The number of fused-ring (bicyclic) bond motifs is 1. The van der Waals surface area contributed by atoms with E-state index in [0.29, 0.717) is 18.7 Å².